The van der Waals surface area contributed by atoms with Crippen molar-refractivity contribution in [3.63, 3.8) is 0 Å². The van der Waals surface area contributed by atoms with Gasteiger partial charge in [0.25, 0.3) is 5.91 Å². The molecule has 2 aliphatic heterocycles. The van der Waals surface area contributed by atoms with Gasteiger partial charge in [-0.05, 0) is 37.6 Å². The van der Waals surface area contributed by atoms with Crippen molar-refractivity contribution in [1.82, 2.24) is 20.2 Å². The van der Waals surface area contributed by atoms with Crippen LogP contribution < -0.4 is 16.4 Å². The minimum absolute atomic E-state index is 0.0985. The number of anilines is 2. The van der Waals surface area contributed by atoms with Crippen LogP contribution in [0, 0.1) is 0 Å². The number of aromatic nitrogens is 2. The van der Waals surface area contributed by atoms with Gasteiger partial charge in [-0.1, -0.05) is 18.2 Å². The number of carbonyl (C=O) groups is 4. The number of β-lactam (4-membered cyclic amide) rings is 1. The normalized spacial score (nSPS) is 21.7. The third-order valence-corrected chi connectivity index (χ3v) is 8.11. The number of rotatable bonds is 6. The molecule has 3 aromatic rings. The largest absolute Gasteiger partial charge is 0.480 e. The molecule has 1 unspecified atom stereocenters. The zero-order valence-electron chi connectivity index (χ0n) is 20.0. The number of hydrogen-bond donors (Lipinski definition) is 4. The number of carboxylic acids is 1. The van der Waals surface area contributed by atoms with Crippen molar-refractivity contribution in [3.05, 3.63) is 59.9 Å². The van der Waals surface area contributed by atoms with Gasteiger partial charge in [-0.25, -0.2) is 14.8 Å². The number of amides is 3. The molecule has 4 heterocycles. The van der Waals surface area contributed by atoms with Gasteiger partial charge >= 0.3 is 5.97 Å². The molecule has 2 aromatic heterocycles. The van der Waals surface area contributed by atoms with E-state index in [-0.39, 0.29) is 17.7 Å². The van der Waals surface area contributed by atoms with Crippen molar-refractivity contribution in [2.75, 3.05) is 11.1 Å². The van der Waals surface area contributed by atoms with Gasteiger partial charge in [-0.3, -0.25) is 14.4 Å². The number of carboxylic acid groups (broad SMARTS) is 1. The number of pyridine rings is 2. The Balaban J connectivity index is 1.28. The molecule has 0 spiro atoms. The van der Waals surface area contributed by atoms with E-state index in [4.69, 9.17) is 5.73 Å². The lowest BCUT2D eigenvalue weighted by Gasteiger charge is -2.43. The van der Waals surface area contributed by atoms with E-state index in [2.05, 4.69) is 20.6 Å². The molecule has 12 heteroatoms. The highest BCUT2D eigenvalue weighted by molar-refractivity contribution is 8.01. The van der Waals surface area contributed by atoms with E-state index < -0.39 is 45.9 Å². The lowest BCUT2D eigenvalue weighted by molar-refractivity contribution is -0.161. The van der Waals surface area contributed by atoms with Crippen LogP contribution >= 0.6 is 11.8 Å². The average Bonchev–Trinajstić information content (AvgIpc) is 3.12. The van der Waals surface area contributed by atoms with E-state index in [9.17, 15) is 24.3 Å². The monoisotopic (exact) mass is 520 g/mol. The quantitative estimate of drug-likeness (QED) is 0.353. The summed E-state index contributed by atoms with van der Waals surface area (Å²) < 4.78 is -0.682. The molecule has 5 N–H and O–H groups in total. The fraction of sp³-hybridized carbons (Fsp3) is 0.280. The second-order valence-electron chi connectivity index (χ2n) is 9.39. The first kappa shape index (κ1) is 24.5. The van der Waals surface area contributed by atoms with Crippen LogP contribution in [0.5, 0.6) is 0 Å². The van der Waals surface area contributed by atoms with Crippen molar-refractivity contribution in [1.29, 1.82) is 0 Å². The molecule has 5 rings (SSSR count). The fourth-order valence-electron chi connectivity index (χ4n) is 4.76. The first-order valence-electron chi connectivity index (χ1n) is 11.5. The third kappa shape index (κ3) is 4.22. The maximum atomic E-state index is 13.0. The predicted molar refractivity (Wildman–Crippen MR) is 138 cm³/mol. The van der Waals surface area contributed by atoms with Crippen LogP contribution in [0.4, 0.5) is 11.4 Å². The minimum atomic E-state index is -1.07. The molecule has 3 atom stereocenters. The Labute approximate surface area is 215 Å². The van der Waals surface area contributed by atoms with Crippen LogP contribution in [0.3, 0.4) is 0 Å². The number of aliphatic carboxylic acids is 1. The summed E-state index contributed by atoms with van der Waals surface area (Å²) in [5.74, 6) is -2.40. The summed E-state index contributed by atoms with van der Waals surface area (Å²) >= 11 is 1.36. The number of nitrogen functional groups attached to an aromatic ring is 1. The summed E-state index contributed by atoms with van der Waals surface area (Å²) in [7, 11) is 0. The van der Waals surface area contributed by atoms with E-state index in [1.165, 1.54) is 22.9 Å². The first-order chi connectivity index (χ1) is 17.6. The molecule has 0 aliphatic carbocycles. The molecule has 0 radical (unpaired) electrons. The molecule has 0 bridgehead atoms. The highest BCUT2D eigenvalue weighted by atomic mass is 32.2. The Morgan fingerprint density at radius 1 is 1.16 bits per heavy atom. The minimum Gasteiger partial charge on any atom is -0.480 e. The van der Waals surface area contributed by atoms with Gasteiger partial charge in [0.15, 0.2) is 5.65 Å². The average molecular weight is 521 g/mol. The first-order valence-corrected chi connectivity index (χ1v) is 12.4. The molecule has 190 valence electrons. The number of carbonyl (C=O) groups excluding carboxylic acids is 3. The summed E-state index contributed by atoms with van der Waals surface area (Å²) in [6.07, 6.45) is 2.84. The van der Waals surface area contributed by atoms with Crippen molar-refractivity contribution in [2.24, 2.45) is 0 Å². The lowest BCUT2D eigenvalue weighted by atomic mass is 9.96. The van der Waals surface area contributed by atoms with Gasteiger partial charge in [-0.2, -0.15) is 0 Å². The fourth-order valence-corrected chi connectivity index (χ4v) is 6.39. The zero-order chi connectivity index (χ0) is 26.5. The van der Waals surface area contributed by atoms with E-state index in [1.54, 1.807) is 56.4 Å². The molecule has 1 aromatic carbocycles. The Morgan fingerprint density at radius 2 is 1.92 bits per heavy atom. The maximum Gasteiger partial charge on any atom is 0.327 e. The van der Waals surface area contributed by atoms with Gasteiger partial charge in [0, 0.05) is 28.2 Å². The van der Waals surface area contributed by atoms with Crippen LogP contribution in [-0.2, 0) is 20.8 Å². The Bertz CT molecular complexity index is 1460. The Kier molecular flexibility index (Phi) is 5.98. The second-order valence-corrected chi connectivity index (χ2v) is 11.2. The predicted octanol–water partition coefficient (Wildman–Crippen LogP) is 1.64. The smallest absolute Gasteiger partial charge is 0.327 e. The molecular weight excluding hydrogens is 496 g/mol. The van der Waals surface area contributed by atoms with Gasteiger partial charge < -0.3 is 26.4 Å². The molecule has 0 saturated carbocycles. The Morgan fingerprint density at radius 3 is 2.68 bits per heavy atom. The standard InChI is InChI=1S/C25H24N6O5S/c1-25(2)19(24(35)36)31-22(34)18(23(31)37-25)30-16(32)10-12-6-3-4-8-15(12)29-21(33)14-11-28-20-13(17(14)26)7-5-9-27-20/h3-9,11,18-19,23H,10H2,1-2H3,(H,29,33)(H,30,32)(H,35,36)(H2,26,27,28)/t18?,19-,23+/m0/s1. The zero-order valence-corrected chi connectivity index (χ0v) is 20.8. The highest BCUT2D eigenvalue weighted by Gasteiger charge is 2.64. The maximum absolute atomic E-state index is 13.0. The summed E-state index contributed by atoms with van der Waals surface area (Å²) in [6, 6.07) is 8.49. The number of benzene rings is 1. The summed E-state index contributed by atoms with van der Waals surface area (Å²) in [5, 5.41) is 15.2. The van der Waals surface area contributed by atoms with Crippen molar-refractivity contribution >= 4 is 57.9 Å². The number of para-hydroxylation sites is 1. The van der Waals surface area contributed by atoms with Crippen LogP contribution in [-0.4, -0.2) is 65.9 Å². The third-order valence-electron chi connectivity index (χ3n) is 6.54. The van der Waals surface area contributed by atoms with E-state index in [0.29, 0.717) is 22.3 Å². The molecule has 2 saturated heterocycles. The van der Waals surface area contributed by atoms with Crippen LogP contribution in [0.15, 0.2) is 48.8 Å². The number of hydrogen-bond acceptors (Lipinski definition) is 8. The molecule has 37 heavy (non-hydrogen) atoms. The van der Waals surface area contributed by atoms with E-state index in [1.807, 2.05) is 0 Å². The molecular formula is C25H24N6O5S. The Hall–Kier alpha value is -4.19. The van der Waals surface area contributed by atoms with Crippen LogP contribution in [0.2, 0.25) is 0 Å². The number of nitrogens with zero attached hydrogens (tertiary/aromatic N) is 3. The number of nitrogens with one attached hydrogen (secondary N) is 2. The van der Waals surface area contributed by atoms with E-state index in [0.717, 1.165) is 0 Å². The molecule has 2 aliphatic rings. The van der Waals surface area contributed by atoms with Gasteiger partial charge in [-0.15, -0.1) is 11.8 Å². The molecule has 3 amide bonds. The molecule has 2 fully saturated rings. The van der Waals surface area contributed by atoms with Crippen LogP contribution in [0.25, 0.3) is 11.0 Å². The number of nitrogens with two attached hydrogens (primary N) is 1. The van der Waals surface area contributed by atoms with Crippen molar-refractivity contribution < 1.29 is 24.3 Å². The van der Waals surface area contributed by atoms with Crippen LogP contribution in [0.1, 0.15) is 29.8 Å². The highest BCUT2D eigenvalue weighted by Crippen LogP contribution is 2.50. The lowest BCUT2D eigenvalue weighted by Crippen LogP contribution is -2.70. The number of fused-ring (bicyclic) bond motifs is 2. The molecule has 11 nitrogen and oxygen atoms in total. The van der Waals surface area contributed by atoms with Crippen molar-refractivity contribution in [2.45, 2.75) is 42.5 Å². The van der Waals surface area contributed by atoms with E-state index >= 15 is 0 Å². The summed E-state index contributed by atoms with van der Waals surface area (Å²) in [5.41, 5.74) is 7.99. The number of thioether (sulfide) groups is 1. The topological polar surface area (TPSA) is 168 Å². The SMILES string of the molecule is CC1(C)S[C@@H]2C(NC(=O)Cc3ccccc3NC(=O)c3cnc4ncccc4c3N)C(=O)N2[C@H]1C(=O)O. The van der Waals surface area contributed by atoms with Crippen molar-refractivity contribution in [3.8, 4) is 0 Å². The van der Waals surface area contributed by atoms with Gasteiger partial charge in [0.1, 0.15) is 17.5 Å². The summed E-state index contributed by atoms with van der Waals surface area (Å²) in [6.45, 7) is 3.54. The van der Waals surface area contributed by atoms with Gasteiger partial charge in [0.2, 0.25) is 11.8 Å². The van der Waals surface area contributed by atoms with Gasteiger partial charge in [0.05, 0.1) is 17.7 Å². The second kappa shape index (κ2) is 9.04. The summed E-state index contributed by atoms with van der Waals surface area (Å²) in [4.78, 5) is 59.9.